The third-order valence-electron chi connectivity index (χ3n) is 1.97. The van der Waals surface area contributed by atoms with E-state index in [1.54, 1.807) is 0 Å². The minimum atomic E-state index is -0.231. The maximum atomic E-state index is 10.6. The van der Waals surface area contributed by atoms with Gasteiger partial charge in [0, 0.05) is 5.54 Å². The molecule has 1 fully saturated rings. The van der Waals surface area contributed by atoms with E-state index in [2.05, 4.69) is 19.2 Å². The number of hydrogen-bond donors (Lipinski definition) is 2. The van der Waals surface area contributed by atoms with Crippen LogP contribution in [0.5, 0.6) is 0 Å². The highest BCUT2D eigenvalue weighted by molar-refractivity contribution is 5.85. The zero-order valence-corrected chi connectivity index (χ0v) is 7.70. The lowest BCUT2D eigenvalue weighted by Gasteiger charge is -2.18. The second-order valence-electron chi connectivity index (χ2n) is 3.52. The molecule has 3 nitrogen and oxygen atoms in total. The van der Waals surface area contributed by atoms with Crippen molar-refractivity contribution in [3.05, 3.63) is 0 Å². The number of nitrogens with two attached hydrogens (primary N) is 1. The average molecular weight is 179 g/mol. The monoisotopic (exact) mass is 178 g/mol. The summed E-state index contributed by atoms with van der Waals surface area (Å²) in [7, 11) is 0. The summed E-state index contributed by atoms with van der Waals surface area (Å²) in [6.45, 7) is 4.16. The summed E-state index contributed by atoms with van der Waals surface area (Å²) in [5, 5.41) is 3.16. The fourth-order valence-electron chi connectivity index (χ4n) is 1.33. The first-order chi connectivity index (χ1) is 4.51. The molecule has 0 saturated carbocycles. The number of nitrogens with one attached hydrogen (secondary N) is 1. The van der Waals surface area contributed by atoms with Crippen molar-refractivity contribution >= 4 is 18.3 Å². The normalized spacial score (nSPS) is 27.6. The predicted octanol–water partition coefficient (Wildman–Crippen LogP) is 0.424. The standard InChI is InChI=1S/C7H14N2O.ClH/c1-7(2)4-3-5(9-7)6(8)10;/h5,9H,3-4H2,1-2H3,(H2,8,10);1H/t5-;/m0./s1. The van der Waals surface area contributed by atoms with Crippen LogP contribution >= 0.6 is 12.4 Å². The summed E-state index contributed by atoms with van der Waals surface area (Å²) in [6, 6.07) is -0.102. The van der Waals surface area contributed by atoms with E-state index in [0.717, 1.165) is 12.8 Å². The SMILES string of the molecule is CC1(C)CC[C@@H](C(N)=O)N1.Cl. The molecule has 0 aliphatic carbocycles. The Morgan fingerprint density at radius 1 is 1.64 bits per heavy atom. The molecule has 0 spiro atoms. The van der Waals surface area contributed by atoms with Crippen LogP contribution in [0.25, 0.3) is 0 Å². The smallest absolute Gasteiger partial charge is 0.234 e. The maximum Gasteiger partial charge on any atom is 0.234 e. The van der Waals surface area contributed by atoms with Crippen LogP contribution in [0.2, 0.25) is 0 Å². The van der Waals surface area contributed by atoms with Crippen molar-refractivity contribution in [1.82, 2.24) is 5.32 Å². The first kappa shape index (κ1) is 10.7. The van der Waals surface area contributed by atoms with Crippen molar-refractivity contribution in [1.29, 1.82) is 0 Å². The lowest BCUT2D eigenvalue weighted by molar-refractivity contribution is -0.119. The molecule has 0 aromatic heterocycles. The molecule has 1 amide bonds. The molecule has 66 valence electrons. The molecule has 0 bridgehead atoms. The van der Waals surface area contributed by atoms with Crippen molar-refractivity contribution in [2.24, 2.45) is 5.73 Å². The Labute approximate surface area is 73.1 Å². The van der Waals surface area contributed by atoms with Gasteiger partial charge in [0.2, 0.25) is 5.91 Å². The summed E-state index contributed by atoms with van der Waals surface area (Å²) in [6.07, 6.45) is 1.91. The van der Waals surface area contributed by atoms with Crippen LogP contribution in [0.1, 0.15) is 26.7 Å². The largest absolute Gasteiger partial charge is 0.368 e. The zero-order chi connectivity index (χ0) is 7.78. The van der Waals surface area contributed by atoms with Gasteiger partial charge >= 0.3 is 0 Å². The summed E-state index contributed by atoms with van der Waals surface area (Å²) in [4.78, 5) is 10.6. The zero-order valence-electron chi connectivity index (χ0n) is 6.89. The number of carbonyl (C=O) groups excluding carboxylic acids is 1. The summed E-state index contributed by atoms with van der Waals surface area (Å²) < 4.78 is 0. The van der Waals surface area contributed by atoms with E-state index in [1.807, 2.05) is 0 Å². The van der Waals surface area contributed by atoms with Gasteiger partial charge in [0.15, 0.2) is 0 Å². The highest BCUT2D eigenvalue weighted by atomic mass is 35.5. The highest BCUT2D eigenvalue weighted by Gasteiger charge is 2.32. The number of primary amides is 1. The van der Waals surface area contributed by atoms with Crippen molar-refractivity contribution in [2.75, 3.05) is 0 Å². The quantitative estimate of drug-likeness (QED) is 0.612. The van der Waals surface area contributed by atoms with Crippen LogP contribution in [0, 0.1) is 0 Å². The Balaban J connectivity index is 0.000001000. The molecule has 1 saturated heterocycles. The van der Waals surface area contributed by atoms with E-state index in [1.165, 1.54) is 0 Å². The first-order valence-corrected chi connectivity index (χ1v) is 3.58. The minimum absolute atomic E-state index is 0. The number of halogens is 1. The fraction of sp³-hybridized carbons (Fsp3) is 0.857. The van der Waals surface area contributed by atoms with E-state index < -0.39 is 0 Å². The van der Waals surface area contributed by atoms with Gasteiger partial charge in [0.05, 0.1) is 6.04 Å². The van der Waals surface area contributed by atoms with Gasteiger partial charge in [0.1, 0.15) is 0 Å². The molecule has 0 aromatic carbocycles. The second-order valence-corrected chi connectivity index (χ2v) is 3.52. The first-order valence-electron chi connectivity index (χ1n) is 3.58. The molecule has 4 heteroatoms. The molecule has 0 aromatic rings. The summed E-state index contributed by atoms with van der Waals surface area (Å²) in [5.74, 6) is -0.231. The Bertz CT molecular complexity index is 159. The van der Waals surface area contributed by atoms with Crippen LogP contribution in [0.15, 0.2) is 0 Å². The van der Waals surface area contributed by atoms with Gasteiger partial charge in [0.25, 0.3) is 0 Å². The van der Waals surface area contributed by atoms with E-state index in [4.69, 9.17) is 5.73 Å². The Hall–Kier alpha value is -0.280. The third kappa shape index (κ3) is 2.67. The van der Waals surface area contributed by atoms with Crippen LogP contribution < -0.4 is 11.1 Å². The lowest BCUT2D eigenvalue weighted by atomic mass is 10.0. The average Bonchev–Trinajstić information content (AvgIpc) is 2.10. The molecule has 1 rings (SSSR count). The topological polar surface area (TPSA) is 55.1 Å². The van der Waals surface area contributed by atoms with Gasteiger partial charge in [-0.15, -0.1) is 12.4 Å². The maximum absolute atomic E-state index is 10.6. The van der Waals surface area contributed by atoms with Crippen LogP contribution in [-0.2, 0) is 4.79 Å². The molecule has 11 heavy (non-hydrogen) atoms. The van der Waals surface area contributed by atoms with Crippen LogP contribution in [0.3, 0.4) is 0 Å². The van der Waals surface area contributed by atoms with Crippen molar-refractivity contribution < 1.29 is 4.79 Å². The summed E-state index contributed by atoms with van der Waals surface area (Å²) >= 11 is 0. The highest BCUT2D eigenvalue weighted by Crippen LogP contribution is 2.21. The number of carbonyl (C=O) groups is 1. The number of rotatable bonds is 1. The predicted molar refractivity (Wildman–Crippen MR) is 46.7 cm³/mol. The molecule has 3 N–H and O–H groups in total. The molecule has 1 heterocycles. The van der Waals surface area contributed by atoms with Crippen molar-refractivity contribution in [2.45, 2.75) is 38.3 Å². The van der Waals surface area contributed by atoms with E-state index in [-0.39, 0.29) is 29.9 Å². The molecule has 1 atom stereocenters. The van der Waals surface area contributed by atoms with Crippen LogP contribution in [-0.4, -0.2) is 17.5 Å². The lowest BCUT2D eigenvalue weighted by Crippen LogP contribution is -2.44. The fourth-order valence-corrected chi connectivity index (χ4v) is 1.33. The molecule has 1 aliphatic heterocycles. The van der Waals surface area contributed by atoms with Gasteiger partial charge in [-0.2, -0.15) is 0 Å². The molecule has 0 radical (unpaired) electrons. The van der Waals surface area contributed by atoms with Gasteiger partial charge in [-0.25, -0.2) is 0 Å². The molecule has 1 aliphatic rings. The Kier molecular flexibility index (Phi) is 3.32. The summed E-state index contributed by atoms with van der Waals surface area (Å²) in [5.41, 5.74) is 5.21. The van der Waals surface area contributed by atoms with E-state index >= 15 is 0 Å². The van der Waals surface area contributed by atoms with Gasteiger partial charge in [-0.05, 0) is 26.7 Å². The number of amides is 1. The minimum Gasteiger partial charge on any atom is -0.368 e. The number of hydrogen-bond acceptors (Lipinski definition) is 2. The van der Waals surface area contributed by atoms with Crippen LogP contribution in [0.4, 0.5) is 0 Å². The second kappa shape index (κ2) is 3.41. The molecular weight excluding hydrogens is 164 g/mol. The van der Waals surface area contributed by atoms with Crippen molar-refractivity contribution in [3.63, 3.8) is 0 Å². The molecule has 0 unspecified atom stereocenters. The van der Waals surface area contributed by atoms with Gasteiger partial charge in [-0.3, -0.25) is 4.79 Å². The Morgan fingerprint density at radius 3 is 2.36 bits per heavy atom. The molecular formula is C7H15ClN2O. The van der Waals surface area contributed by atoms with E-state index in [0.29, 0.717) is 0 Å². The van der Waals surface area contributed by atoms with Gasteiger partial charge < -0.3 is 11.1 Å². The van der Waals surface area contributed by atoms with Gasteiger partial charge in [-0.1, -0.05) is 0 Å². The Morgan fingerprint density at radius 2 is 2.18 bits per heavy atom. The van der Waals surface area contributed by atoms with Crippen molar-refractivity contribution in [3.8, 4) is 0 Å². The third-order valence-corrected chi connectivity index (χ3v) is 1.97. The van der Waals surface area contributed by atoms with E-state index in [9.17, 15) is 4.79 Å².